The van der Waals surface area contributed by atoms with Crippen LogP contribution < -0.4 is 19.9 Å². The summed E-state index contributed by atoms with van der Waals surface area (Å²) in [5.41, 5.74) is 2.19. The number of methoxy groups -OCH3 is 1. The predicted octanol–water partition coefficient (Wildman–Crippen LogP) is 3.43. The number of anilines is 3. The van der Waals surface area contributed by atoms with Gasteiger partial charge in [-0.3, -0.25) is 0 Å². The highest BCUT2D eigenvalue weighted by Crippen LogP contribution is 2.25. The summed E-state index contributed by atoms with van der Waals surface area (Å²) in [6.07, 6.45) is 0. The number of aromatic nitrogens is 2. The van der Waals surface area contributed by atoms with Gasteiger partial charge in [0.2, 0.25) is 5.95 Å². The highest BCUT2D eigenvalue weighted by Gasteiger charge is 2.20. The van der Waals surface area contributed by atoms with E-state index in [0.717, 1.165) is 54.6 Å². The van der Waals surface area contributed by atoms with Crippen LogP contribution in [0.1, 0.15) is 0 Å². The largest absolute Gasteiger partial charge is 0.497 e. The van der Waals surface area contributed by atoms with Crippen LogP contribution >= 0.6 is 12.4 Å². The second kappa shape index (κ2) is 8.31. The standard InChI is InChI=1S/C20H23N5O.ClH/c1-21-19-17-5-3-4-6-18(17)22-20(23-19)25-13-11-24(12-14-25)15-7-9-16(26-2)10-8-15;/h3-10H,11-14H2,1-2H3,(H,21,22,23);1H. The van der Waals surface area contributed by atoms with Gasteiger partial charge in [-0.25, -0.2) is 4.98 Å². The fraction of sp³-hybridized carbons (Fsp3) is 0.300. The number of nitrogens with zero attached hydrogens (tertiary/aromatic N) is 4. The van der Waals surface area contributed by atoms with Gasteiger partial charge in [0.15, 0.2) is 0 Å². The Hall–Kier alpha value is -2.73. The number of para-hydroxylation sites is 1. The van der Waals surface area contributed by atoms with E-state index < -0.39 is 0 Å². The molecule has 0 bridgehead atoms. The molecule has 142 valence electrons. The molecule has 3 aromatic rings. The summed E-state index contributed by atoms with van der Waals surface area (Å²) < 4.78 is 5.24. The van der Waals surface area contributed by atoms with Crippen LogP contribution in [0.2, 0.25) is 0 Å². The van der Waals surface area contributed by atoms with E-state index in [2.05, 4.69) is 27.2 Å². The first-order valence-electron chi connectivity index (χ1n) is 8.87. The summed E-state index contributed by atoms with van der Waals surface area (Å²) in [5.74, 6) is 2.56. The average Bonchev–Trinajstić information content (AvgIpc) is 2.73. The molecule has 2 heterocycles. The summed E-state index contributed by atoms with van der Waals surface area (Å²) >= 11 is 0. The predicted molar refractivity (Wildman–Crippen MR) is 114 cm³/mol. The zero-order valence-electron chi connectivity index (χ0n) is 15.6. The molecule has 0 saturated carbocycles. The minimum Gasteiger partial charge on any atom is -0.497 e. The number of fused-ring (bicyclic) bond motifs is 1. The van der Waals surface area contributed by atoms with Crippen LogP contribution in [0.15, 0.2) is 48.5 Å². The molecule has 0 spiro atoms. The summed E-state index contributed by atoms with van der Waals surface area (Å²) in [6, 6.07) is 16.3. The monoisotopic (exact) mass is 385 g/mol. The molecule has 7 heteroatoms. The SMILES string of the molecule is CNc1nc(N2CCN(c3ccc(OC)cc3)CC2)nc2ccccc12.Cl. The molecule has 1 N–H and O–H groups in total. The first kappa shape index (κ1) is 19.0. The third-order valence-electron chi connectivity index (χ3n) is 4.83. The van der Waals surface area contributed by atoms with Gasteiger partial charge in [-0.2, -0.15) is 4.98 Å². The van der Waals surface area contributed by atoms with E-state index in [0.29, 0.717) is 0 Å². The molecular formula is C20H24ClN5O. The van der Waals surface area contributed by atoms with Gasteiger partial charge in [-0.05, 0) is 36.4 Å². The lowest BCUT2D eigenvalue weighted by molar-refractivity contribution is 0.415. The van der Waals surface area contributed by atoms with Crippen molar-refractivity contribution < 1.29 is 4.74 Å². The van der Waals surface area contributed by atoms with Crippen molar-refractivity contribution in [3.05, 3.63) is 48.5 Å². The maximum absolute atomic E-state index is 5.24. The molecule has 1 fully saturated rings. The Balaban J connectivity index is 0.00000210. The lowest BCUT2D eigenvalue weighted by Crippen LogP contribution is -2.47. The number of hydrogen-bond donors (Lipinski definition) is 1. The second-order valence-corrected chi connectivity index (χ2v) is 6.31. The molecule has 0 amide bonds. The summed E-state index contributed by atoms with van der Waals surface area (Å²) in [4.78, 5) is 14.1. The van der Waals surface area contributed by atoms with Crippen molar-refractivity contribution >= 4 is 40.8 Å². The van der Waals surface area contributed by atoms with Crippen molar-refractivity contribution in [2.45, 2.75) is 0 Å². The lowest BCUT2D eigenvalue weighted by atomic mass is 10.2. The lowest BCUT2D eigenvalue weighted by Gasteiger charge is -2.36. The Morgan fingerprint density at radius 3 is 2.22 bits per heavy atom. The average molecular weight is 386 g/mol. The van der Waals surface area contributed by atoms with E-state index >= 15 is 0 Å². The molecule has 1 aliphatic heterocycles. The van der Waals surface area contributed by atoms with Gasteiger partial charge in [-0.1, -0.05) is 12.1 Å². The van der Waals surface area contributed by atoms with Gasteiger partial charge in [0.1, 0.15) is 11.6 Å². The fourth-order valence-corrected chi connectivity index (χ4v) is 3.35. The molecule has 2 aromatic carbocycles. The van der Waals surface area contributed by atoms with Crippen molar-refractivity contribution in [3.8, 4) is 5.75 Å². The van der Waals surface area contributed by atoms with Crippen LogP contribution in [-0.4, -0.2) is 50.3 Å². The van der Waals surface area contributed by atoms with Crippen LogP contribution in [0, 0.1) is 0 Å². The zero-order chi connectivity index (χ0) is 17.9. The number of hydrogen-bond acceptors (Lipinski definition) is 6. The smallest absolute Gasteiger partial charge is 0.228 e. The molecule has 0 unspecified atom stereocenters. The summed E-state index contributed by atoms with van der Waals surface area (Å²) in [7, 11) is 3.59. The molecule has 1 aliphatic rings. The quantitative estimate of drug-likeness (QED) is 0.742. The van der Waals surface area contributed by atoms with E-state index in [9.17, 15) is 0 Å². The van der Waals surface area contributed by atoms with Crippen LogP contribution in [-0.2, 0) is 0 Å². The normalized spacial score (nSPS) is 14.0. The Bertz CT molecular complexity index is 895. The third kappa shape index (κ3) is 3.85. The van der Waals surface area contributed by atoms with Crippen molar-refractivity contribution in [1.82, 2.24) is 9.97 Å². The molecule has 4 rings (SSSR count). The Morgan fingerprint density at radius 2 is 1.56 bits per heavy atom. The molecule has 0 radical (unpaired) electrons. The Kier molecular flexibility index (Phi) is 5.86. The molecular weight excluding hydrogens is 362 g/mol. The molecule has 1 aromatic heterocycles. The van der Waals surface area contributed by atoms with Gasteiger partial charge in [-0.15, -0.1) is 12.4 Å². The highest BCUT2D eigenvalue weighted by molar-refractivity contribution is 5.90. The second-order valence-electron chi connectivity index (χ2n) is 6.31. The summed E-state index contributed by atoms with van der Waals surface area (Å²) in [5, 5.41) is 4.25. The fourth-order valence-electron chi connectivity index (χ4n) is 3.35. The van der Waals surface area contributed by atoms with E-state index in [4.69, 9.17) is 14.7 Å². The van der Waals surface area contributed by atoms with E-state index in [1.165, 1.54) is 5.69 Å². The maximum atomic E-state index is 5.24. The van der Waals surface area contributed by atoms with Crippen molar-refractivity contribution in [3.63, 3.8) is 0 Å². The van der Waals surface area contributed by atoms with Crippen LogP contribution in [0.5, 0.6) is 5.75 Å². The number of nitrogens with one attached hydrogen (secondary N) is 1. The van der Waals surface area contributed by atoms with E-state index in [-0.39, 0.29) is 12.4 Å². The van der Waals surface area contributed by atoms with Gasteiger partial charge < -0.3 is 19.9 Å². The first-order chi connectivity index (χ1) is 12.8. The van der Waals surface area contributed by atoms with Crippen molar-refractivity contribution in [1.29, 1.82) is 0 Å². The van der Waals surface area contributed by atoms with E-state index in [1.54, 1.807) is 7.11 Å². The topological polar surface area (TPSA) is 53.5 Å². The Morgan fingerprint density at radius 1 is 0.889 bits per heavy atom. The van der Waals surface area contributed by atoms with Gasteiger partial charge in [0, 0.05) is 44.3 Å². The van der Waals surface area contributed by atoms with Gasteiger partial charge >= 0.3 is 0 Å². The number of rotatable bonds is 4. The summed E-state index contributed by atoms with van der Waals surface area (Å²) in [6.45, 7) is 3.68. The zero-order valence-corrected chi connectivity index (χ0v) is 16.4. The number of benzene rings is 2. The third-order valence-corrected chi connectivity index (χ3v) is 4.83. The minimum absolute atomic E-state index is 0. The highest BCUT2D eigenvalue weighted by atomic mass is 35.5. The number of halogens is 1. The van der Waals surface area contributed by atoms with Crippen LogP contribution in [0.4, 0.5) is 17.5 Å². The molecule has 27 heavy (non-hydrogen) atoms. The van der Waals surface area contributed by atoms with Gasteiger partial charge in [0.25, 0.3) is 0 Å². The van der Waals surface area contributed by atoms with Crippen LogP contribution in [0.25, 0.3) is 10.9 Å². The molecule has 0 atom stereocenters. The number of ether oxygens (including phenoxy) is 1. The molecule has 1 saturated heterocycles. The van der Waals surface area contributed by atoms with Crippen molar-refractivity contribution in [2.24, 2.45) is 0 Å². The van der Waals surface area contributed by atoms with Gasteiger partial charge in [0.05, 0.1) is 12.6 Å². The first-order valence-corrected chi connectivity index (χ1v) is 8.87. The molecule has 6 nitrogen and oxygen atoms in total. The molecule has 0 aliphatic carbocycles. The van der Waals surface area contributed by atoms with Crippen LogP contribution in [0.3, 0.4) is 0 Å². The van der Waals surface area contributed by atoms with E-state index in [1.807, 2.05) is 43.4 Å². The number of piperazine rings is 1. The van der Waals surface area contributed by atoms with Crippen molar-refractivity contribution in [2.75, 3.05) is 55.5 Å². The maximum Gasteiger partial charge on any atom is 0.228 e. The minimum atomic E-state index is 0. The Labute approximate surface area is 165 Å².